The molecule has 230 valence electrons. The minimum atomic E-state index is -1.04. The van der Waals surface area contributed by atoms with Crippen molar-refractivity contribution in [2.75, 3.05) is 13.1 Å². The summed E-state index contributed by atoms with van der Waals surface area (Å²) >= 11 is 0. The molecule has 0 aromatic heterocycles. The number of carboxylic acids is 1. The van der Waals surface area contributed by atoms with Crippen LogP contribution in [0.4, 0.5) is 0 Å². The van der Waals surface area contributed by atoms with Crippen LogP contribution in [0.2, 0.25) is 0 Å². The number of hydrogen-bond donors (Lipinski definition) is 3. The lowest BCUT2D eigenvalue weighted by Gasteiger charge is -2.32. The molecule has 0 spiro atoms. The number of aliphatic carboxylic acids is 1. The van der Waals surface area contributed by atoms with Crippen molar-refractivity contribution in [2.24, 2.45) is 5.73 Å². The molecule has 2 heterocycles. The molecule has 4 unspecified atom stereocenters. The predicted molar refractivity (Wildman–Crippen MR) is 161 cm³/mol. The third-order valence-electron chi connectivity index (χ3n) is 8.34. The second-order valence-electron chi connectivity index (χ2n) is 11.6. The number of nitrogens with one attached hydrogen (secondary N) is 1. The Labute approximate surface area is 252 Å². The maximum absolute atomic E-state index is 13.7. The molecular formula is C33H42N4O6. The van der Waals surface area contributed by atoms with E-state index in [1.807, 2.05) is 61.5 Å². The van der Waals surface area contributed by atoms with E-state index in [4.69, 9.17) is 5.73 Å². The maximum Gasteiger partial charge on any atom is 0.305 e. The van der Waals surface area contributed by atoms with Gasteiger partial charge in [0.05, 0.1) is 12.5 Å². The number of ketones is 1. The van der Waals surface area contributed by atoms with Crippen LogP contribution in [0.25, 0.3) is 0 Å². The molecule has 4 rings (SSSR count). The second-order valence-corrected chi connectivity index (χ2v) is 11.6. The van der Waals surface area contributed by atoms with Crippen molar-refractivity contribution >= 4 is 29.5 Å². The van der Waals surface area contributed by atoms with E-state index in [9.17, 15) is 29.1 Å². The standard InChI is InChI=1S/C33H42N4O6/c1-2-26(38)19-24-14-12-23(13-15-24)18-25(21-30(39)40)35-31(41)28-10-6-16-36(28)33(43)29-11-7-17-37(29)32(42)27(34)20-22-8-4-3-5-9-22/h3-5,8-9,12-15,25,27-29H,2,6-7,10-11,16-21,34H2,1H3,(H,35,41)(H,39,40). The summed E-state index contributed by atoms with van der Waals surface area (Å²) in [6.07, 6.45) is 3.50. The van der Waals surface area contributed by atoms with Gasteiger partial charge in [0.15, 0.2) is 0 Å². The molecule has 2 fully saturated rings. The van der Waals surface area contributed by atoms with Crippen LogP contribution in [0.3, 0.4) is 0 Å². The van der Waals surface area contributed by atoms with Gasteiger partial charge < -0.3 is 26.0 Å². The van der Waals surface area contributed by atoms with E-state index >= 15 is 0 Å². The zero-order valence-corrected chi connectivity index (χ0v) is 24.7. The van der Waals surface area contributed by atoms with Crippen LogP contribution in [0.5, 0.6) is 0 Å². The third-order valence-corrected chi connectivity index (χ3v) is 8.34. The fourth-order valence-electron chi connectivity index (χ4n) is 6.06. The lowest BCUT2D eigenvalue weighted by atomic mass is 9.99. The topological polar surface area (TPSA) is 150 Å². The van der Waals surface area contributed by atoms with Crippen molar-refractivity contribution in [2.45, 2.75) is 88.9 Å². The van der Waals surface area contributed by atoms with E-state index in [2.05, 4.69) is 5.32 Å². The van der Waals surface area contributed by atoms with Gasteiger partial charge in [-0.3, -0.25) is 24.0 Å². The molecule has 2 aromatic carbocycles. The van der Waals surface area contributed by atoms with E-state index in [-0.39, 0.29) is 29.9 Å². The van der Waals surface area contributed by atoms with Gasteiger partial charge in [0, 0.05) is 32.0 Å². The van der Waals surface area contributed by atoms with Crippen LogP contribution in [-0.4, -0.2) is 81.6 Å². The van der Waals surface area contributed by atoms with Crippen molar-refractivity contribution in [1.29, 1.82) is 0 Å². The summed E-state index contributed by atoms with van der Waals surface area (Å²) in [4.78, 5) is 67.0. The molecule has 10 heteroatoms. The Kier molecular flexibility index (Phi) is 11.1. The monoisotopic (exact) mass is 590 g/mol. The summed E-state index contributed by atoms with van der Waals surface area (Å²) in [6, 6.07) is 14.0. The highest BCUT2D eigenvalue weighted by Gasteiger charge is 2.43. The Morgan fingerprint density at radius 3 is 2.12 bits per heavy atom. The highest BCUT2D eigenvalue weighted by molar-refractivity contribution is 5.94. The van der Waals surface area contributed by atoms with Gasteiger partial charge >= 0.3 is 5.97 Å². The molecule has 3 amide bonds. The number of carbonyl (C=O) groups excluding carboxylic acids is 4. The number of Topliss-reactive ketones (excluding diaryl/α,β-unsaturated/α-hetero) is 1. The molecule has 0 saturated carbocycles. The molecule has 0 bridgehead atoms. The van der Waals surface area contributed by atoms with E-state index in [1.54, 1.807) is 9.80 Å². The highest BCUT2D eigenvalue weighted by Crippen LogP contribution is 2.26. The first-order valence-corrected chi connectivity index (χ1v) is 15.2. The number of amides is 3. The lowest BCUT2D eigenvalue weighted by molar-refractivity contribution is -0.147. The summed E-state index contributed by atoms with van der Waals surface area (Å²) < 4.78 is 0. The number of carboxylic acid groups (broad SMARTS) is 1. The third kappa shape index (κ3) is 8.50. The number of benzene rings is 2. The summed E-state index contributed by atoms with van der Waals surface area (Å²) in [5.41, 5.74) is 8.94. The van der Waals surface area contributed by atoms with Crippen LogP contribution >= 0.6 is 0 Å². The molecule has 43 heavy (non-hydrogen) atoms. The van der Waals surface area contributed by atoms with E-state index < -0.39 is 30.1 Å². The Balaban J connectivity index is 1.39. The first-order chi connectivity index (χ1) is 20.7. The van der Waals surface area contributed by atoms with Crippen molar-refractivity contribution in [3.05, 3.63) is 71.3 Å². The number of nitrogens with zero attached hydrogens (tertiary/aromatic N) is 2. The number of hydrogen-bond acceptors (Lipinski definition) is 6. The van der Waals surface area contributed by atoms with Crippen LogP contribution in [0.1, 0.15) is 62.1 Å². The van der Waals surface area contributed by atoms with Crippen molar-refractivity contribution in [3.8, 4) is 0 Å². The van der Waals surface area contributed by atoms with Crippen LogP contribution in [0.15, 0.2) is 54.6 Å². The normalized spacial score (nSPS) is 19.6. The van der Waals surface area contributed by atoms with Gasteiger partial charge in [-0.1, -0.05) is 61.5 Å². The molecule has 2 saturated heterocycles. The molecule has 2 aliphatic rings. The summed E-state index contributed by atoms with van der Waals surface area (Å²) in [5.74, 6) is -1.82. The highest BCUT2D eigenvalue weighted by atomic mass is 16.4. The zero-order valence-electron chi connectivity index (χ0n) is 24.7. The second kappa shape index (κ2) is 14.9. The molecule has 2 aromatic rings. The summed E-state index contributed by atoms with van der Waals surface area (Å²) in [6.45, 7) is 2.66. The van der Waals surface area contributed by atoms with Gasteiger partial charge in [0.25, 0.3) is 0 Å². The van der Waals surface area contributed by atoms with Crippen molar-refractivity contribution in [3.63, 3.8) is 0 Å². The number of nitrogens with two attached hydrogens (primary N) is 1. The van der Waals surface area contributed by atoms with Gasteiger partial charge in [-0.2, -0.15) is 0 Å². The van der Waals surface area contributed by atoms with Crippen molar-refractivity contribution < 1.29 is 29.1 Å². The minimum Gasteiger partial charge on any atom is -0.481 e. The van der Waals surface area contributed by atoms with Crippen LogP contribution in [-0.2, 0) is 43.2 Å². The fraction of sp³-hybridized carbons (Fsp3) is 0.485. The summed E-state index contributed by atoms with van der Waals surface area (Å²) in [5, 5.41) is 12.4. The zero-order chi connectivity index (χ0) is 30.9. The average Bonchev–Trinajstić information content (AvgIpc) is 3.68. The average molecular weight is 591 g/mol. The lowest BCUT2D eigenvalue weighted by Crippen LogP contribution is -2.56. The van der Waals surface area contributed by atoms with Crippen LogP contribution < -0.4 is 11.1 Å². The van der Waals surface area contributed by atoms with Gasteiger partial charge in [-0.15, -0.1) is 0 Å². The first-order valence-electron chi connectivity index (χ1n) is 15.2. The Morgan fingerprint density at radius 1 is 0.860 bits per heavy atom. The number of carbonyl (C=O) groups is 5. The molecule has 0 aliphatic carbocycles. The molecule has 10 nitrogen and oxygen atoms in total. The van der Waals surface area contributed by atoms with Crippen LogP contribution in [0, 0.1) is 0 Å². The maximum atomic E-state index is 13.7. The fourth-order valence-corrected chi connectivity index (χ4v) is 6.06. The SMILES string of the molecule is CCC(=O)Cc1ccc(CC(CC(=O)O)NC(=O)C2CCCN2C(=O)C2CCCN2C(=O)C(N)Cc2ccccc2)cc1. The Morgan fingerprint density at radius 2 is 1.47 bits per heavy atom. The van der Waals surface area contributed by atoms with Gasteiger partial charge in [0.1, 0.15) is 17.9 Å². The van der Waals surface area contributed by atoms with Crippen molar-refractivity contribution in [1.82, 2.24) is 15.1 Å². The molecule has 0 radical (unpaired) electrons. The summed E-state index contributed by atoms with van der Waals surface area (Å²) in [7, 11) is 0. The molecule has 2 aliphatic heterocycles. The largest absolute Gasteiger partial charge is 0.481 e. The smallest absolute Gasteiger partial charge is 0.305 e. The Hall–Kier alpha value is -4.05. The van der Waals surface area contributed by atoms with E-state index in [1.165, 1.54) is 0 Å². The minimum absolute atomic E-state index is 0.138. The van der Waals surface area contributed by atoms with E-state index in [0.717, 1.165) is 16.7 Å². The van der Waals surface area contributed by atoms with Gasteiger partial charge in [-0.05, 0) is 55.2 Å². The first kappa shape index (κ1) is 31.9. The molecule has 4 atom stereocenters. The predicted octanol–water partition coefficient (Wildman–Crippen LogP) is 2.26. The molecule has 4 N–H and O–H groups in total. The number of likely N-dealkylation sites (tertiary alicyclic amines) is 2. The van der Waals surface area contributed by atoms with Gasteiger partial charge in [-0.25, -0.2) is 0 Å². The number of rotatable bonds is 13. The molecular weight excluding hydrogens is 548 g/mol. The Bertz CT molecular complexity index is 1300. The van der Waals surface area contributed by atoms with E-state index in [0.29, 0.717) is 64.5 Å². The van der Waals surface area contributed by atoms with Gasteiger partial charge in [0.2, 0.25) is 17.7 Å². The quantitative estimate of drug-likeness (QED) is 0.324.